The molecule has 0 spiro atoms. The molecule has 0 aliphatic carbocycles. The van der Waals surface area contributed by atoms with Crippen molar-refractivity contribution < 1.29 is 4.92 Å². The summed E-state index contributed by atoms with van der Waals surface area (Å²) in [6, 6.07) is 21.2. The Morgan fingerprint density at radius 3 is 2.27 bits per heavy atom. The molecule has 4 aromatic rings. The normalized spacial score (nSPS) is 11.2. The Kier molecular flexibility index (Phi) is 3.99. The number of hydrogen-bond acceptors (Lipinski definition) is 5. The molecule has 26 heavy (non-hydrogen) atoms. The largest absolute Gasteiger partial charge is 0.313 e. The summed E-state index contributed by atoms with van der Waals surface area (Å²) in [6.07, 6.45) is 3.17. The number of benzene rings is 3. The number of nitro groups is 1. The number of nitrogens with one attached hydrogen (secondary N) is 1. The van der Waals surface area contributed by atoms with Gasteiger partial charge in [-0.25, -0.2) is 4.98 Å². The van der Waals surface area contributed by atoms with E-state index in [0.717, 1.165) is 27.1 Å². The van der Waals surface area contributed by atoms with E-state index in [-0.39, 0.29) is 11.5 Å². The van der Waals surface area contributed by atoms with E-state index < -0.39 is 4.92 Å². The molecule has 0 bridgehead atoms. The standard InChI is InChI=1S/C20H14N4O2/c25-24(26)19-10-5-11-21-20(19)23-22-13-18-16-8-3-1-6-14(16)12-15-7-2-4-9-17(15)18/h1-13H,(H,21,23)/b22-13-. The fourth-order valence-corrected chi connectivity index (χ4v) is 2.98. The Hall–Kier alpha value is -3.80. The molecule has 0 atom stereocenters. The topological polar surface area (TPSA) is 80.4 Å². The second kappa shape index (κ2) is 6.60. The van der Waals surface area contributed by atoms with Crippen molar-refractivity contribution in [1.82, 2.24) is 4.98 Å². The number of fused-ring (bicyclic) bond motifs is 2. The minimum atomic E-state index is -0.488. The third kappa shape index (κ3) is 2.84. The van der Waals surface area contributed by atoms with Crippen LogP contribution in [0.25, 0.3) is 21.5 Å². The lowest BCUT2D eigenvalue weighted by Gasteiger charge is -2.08. The number of nitrogens with zero attached hydrogens (tertiary/aromatic N) is 3. The summed E-state index contributed by atoms with van der Waals surface area (Å²) >= 11 is 0. The molecule has 0 radical (unpaired) electrons. The molecule has 6 heteroatoms. The third-order valence-electron chi connectivity index (χ3n) is 4.16. The average molecular weight is 342 g/mol. The Morgan fingerprint density at radius 1 is 0.962 bits per heavy atom. The first-order valence-corrected chi connectivity index (χ1v) is 8.03. The zero-order chi connectivity index (χ0) is 17.9. The van der Waals surface area contributed by atoms with Crippen LogP contribution in [0.5, 0.6) is 0 Å². The van der Waals surface area contributed by atoms with E-state index in [0.29, 0.717) is 0 Å². The van der Waals surface area contributed by atoms with Crippen LogP contribution in [0.2, 0.25) is 0 Å². The van der Waals surface area contributed by atoms with Gasteiger partial charge in [-0.1, -0.05) is 48.5 Å². The van der Waals surface area contributed by atoms with Crippen molar-refractivity contribution in [2.75, 3.05) is 5.43 Å². The van der Waals surface area contributed by atoms with Crippen LogP contribution in [-0.2, 0) is 0 Å². The molecule has 4 rings (SSSR count). The Morgan fingerprint density at radius 2 is 1.62 bits per heavy atom. The second-order valence-electron chi connectivity index (χ2n) is 5.73. The van der Waals surface area contributed by atoms with Gasteiger partial charge in [-0.2, -0.15) is 5.10 Å². The van der Waals surface area contributed by atoms with Gasteiger partial charge in [0.05, 0.1) is 11.1 Å². The van der Waals surface area contributed by atoms with Crippen LogP contribution in [0.3, 0.4) is 0 Å². The van der Waals surface area contributed by atoms with Gasteiger partial charge in [0, 0.05) is 17.8 Å². The highest BCUT2D eigenvalue weighted by Crippen LogP contribution is 2.27. The Bertz CT molecular complexity index is 1100. The molecule has 0 aliphatic rings. The minimum Gasteiger partial charge on any atom is -0.258 e. The van der Waals surface area contributed by atoms with E-state index >= 15 is 0 Å². The molecule has 0 fully saturated rings. The summed E-state index contributed by atoms with van der Waals surface area (Å²) in [6.45, 7) is 0. The van der Waals surface area contributed by atoms with Gasteiger partial charge in [-0.15, -0.1) is 0 Å². The zero-order valence-corrected chi connectivity index (χ0v) is 13.7. The van der Waals surface area contributed by atoms with E-state index in [1.165, 1.54) is 18.3 Å². The van der Waals surface area contributed by atoms with Crippen LogP contribution in [0, 0.1) is 10.1 Å². The molecule has 6 nitrogen and oxygen atoms in total. The number of aromatic nitrogens is 1. The third-order valence-corrected chi connectivity index (χ3v) is 4.16. The van der Waals surface area contributed by atoms with E-state index in [4.69, 9.17) is 0 Å². The lowest BCUT2D eigenvalue weighted by atomic mass is 9.97. The van der Waals surface area contributed by atoms with Gasteiger partial charge in [0.2, 0.25) is 5.82 Å². The van der Waals surface area contributed by atoms with Gasteiger partial charge < -0.3 is 0 Å². The lowest BCUT2D eigenvalue weighted by Crippen LogP contribution is -1.99. The highest BCUT2D eigenvalue weighted by molar-refractivity contribution is 6.13. The van der Waals surface area contributed by atoms with Gasteiger partial charge >= 0.3 is 5.69 Å². The van der Waals surface area contributed by atoms with E-state index in [1.807, 2.05) is 36.4 Å². The molecular weight excluding hydrogens is 328 g/mol. The number of hydrogen-bond donors (Lipinski definition) is 1. The van der Waals surface area contributed by atoms with E-state index in [2.05, 4.69) is 33.7 Å². The number of hydrazone groups is 1. The minimum absolute atomic E-state index is 0.110. The quantitative estimate of drug-likeness (QED) is 0.251. The predicted octanol–water partition coefficient (Wildman–Crippen LogP) is 4.74. The number of rotatable bonds is 4. The summed E-state index contributed by atoms with van der Waals surface area (Å²) < 4.78 is 0. The first-order chi connectivity index (χ1) is 12.7. The van der Waals surface area contributed by atoms with Crippen LogP contribution < -0.4 is 5.43 Å². The molecule has 0 saturated heterocycles. The summed E-state index contributed by atoms with van der Waals surface area (Å²) in [7, 11) is 0. The molecule has 0 aliphatic heterocycles. The van der Waals surface area contributed by atoms with Gasteiger partial charge in [-0.3, -0.25) is 15.5 Å². The number of pyridine rings is 1. The molecule has 1 N–H and O–H groups in total. The van der Waals surface area contributed by atoms with Gasteiger partial charge in [0.25, 0.3) is 0 Å². The first kappa shape index (κ1) is 15.7. The van der Waals surface area contributed by atoms with Crippen molar-refractivity contribution in [3.05, 3.63) is 88.6 Å². The monoisotopic (exact) mass is 342 g/mol. The van der Waals surface area contributed by atoms with Crippen molar-refractivity contribution in [3.8, 4) is 0 Å². The Balaban J connectivity index is 1.79. The van der Waals surface area contributed by atoms with Crippen molar-refractivity contribution >= 4 is 39.3 Å². The van der Waals surface area contributed by atoms with Crippen LogP contribution in [0.1, 0.15) is 5.56 Å². The van der Waals surface area contributed by atoms with E-state index in [9.17, 15) is 10.1 Å². The Labute approximate surface area is 149 Å². The zero-order valence-electron chi connectivity index (χ0n) is 13.7. The fraction of sp³-hybridized carbons (Fsp3) is 0. The summed E-state index contributed by atoms with van der Waals surface area (Å²) in [4.78, 5) is 14.6. The average Bonchev–Trinajstić information content (AvgIpc) is 2.67. The van der Waals surface area contributed by atoms with Gasteiger partial charge in [0.1, 0.15) is 0 Å². The lowest BCUT2D eigenvalue weighted by molar-refractivity contribution is -0.384. The highest BCUT2D eigenvalue weighted by Gasteiger charge is 2.13. The highest BCUT2D eigenvalue weighted by atomic mass is 16.6. The molecule has 0 unspecified atom stereocenters. The molecule has 0 saturated carbocycles. The SMILES string of the molecule is O=[N+]([O-])c1cccnc1N/N=C\c1c2ccccc2cc2ccccc12. The van der Waals surface area contributed by atoms with Crippen molar-refractivity contribution in [3.63, 3.8) is 0 Å². The fourth-order valence-electron chi connectivity index (χ4n) is 2.98. The maximum Gasteiger partial charge on any atom is 0.313 e. The number of anilines is 1. The molecular formula is C20H14N4O2. The van der Waals surface area contributed by atoms with Crippen molar-refractivity contribution in [2.24, 2.45) is 5.10 Å². The summed E-state index contributed by atoms with van der Waals surface area (Å²) in [5, 5.41) is 19.6. The van der Waals surface area contributed by atoms with Crippen molar-refractivity contribution in [2.45, 2.75) is 0 Å². The van der Waals surface area contributed by atoms with Crippen molar-refractivity contribution in [1.29, 1.82) is 0 Å². The molecule has 126 valence electrons. The van der Waals surface area contributed by atoms with Gasteiger partial charge in [0.15, 0.2) is 0 Å². The first-order valence-electron chi connectivity index (χ1n) is 8.03. The summed E-state index contributed by atoms with van der Waals surface area (Å²) in [5.41, 5.74) is 3.52. The molecule has 0 amide bonds. The van der Waals surface area contributed by atoms with Gasteiger partial charge in [-0.05, 0) is 33.7 Å². The van der Waals surface area contributed by atoms with Crippen LogP contribution in [0.4, 0.5) is 11.5 Å². The van der Waals surface area contributed by atoms with Crippen LogP contribution in [-0.4, -0.2) is 16.1 Å². The second-order valence-corrected chi connectivity index (χ2v) is 5.73. The predicted molar refractivity (Wildman–Crippen MR) is 104 cm³/mol. The molecule has 1 aromatic heterocycles. The molecule has 3 aromatic carbocycles. The van der Waals surface area contributed by atoms with Crippen LogP contribution in [0.15, 0.2) is 78.0 Å². The molecule has 1 heterocycles. The maximum atomic E-state index is 11.1. The smallest absolute Gasteiger partial charge is 0.258 e. The maximum absolute atomic E-state index is 11.1. The summed E-state index contributed by atoms with van der Waals surface area (Å²) in [5.74, 6) is 0.110. The van der Waals surface area contributed by atoms with E-state index in [1.54, 1.807) is 6.21 Å². The van der Waals surface area contributed by atoms with Crippen LogP contribution >= 0.6 is 0 Å².